The Morgan fingerprint density at radius 2 is 1.11 bits per heavy atom. The van der Waals surface area contributed by atoms with Gasteiger partial charge in [0, 0.05) is 17.5 Å². The number of benzene rings is 2. The summed E-state index contributed by atoms with van der Waals surface area (Å²) in [6.07, 6.45) is 2.22. The minimum atomic E-state index is -0.469. The molecule has 10 heteroatoms. The molecule has 10 nitrogen and oxygen atoms in total. The zero-order valence-electron chi connectivity index (χ0n) is 21.6. The molecule has 0 aliphatic heterocycles. The van der Waals surface area contributed by atoms with Crippen LogP contribution >= 0.6 is 0 Å². The highest BCUT2D eigenvalue weighted by atomic mass is 16.6. The Hall–Kier alpha value is -3.44. The molecule has 0 aromatic heterocycles. The summed E-state index contributed by atoms with van der Waals surface area (Å²) in [5, 5.41) is 1.97. The fraction of sp³-hybridized carbons (Fsp3) is 0.429. The van der Waals surface area contributed by atoms with Crippen molar-refractivity contribution in [1.82, 2.24) is 0 Å². The molecule has 0 bridgehead atoms. The van der Waals surface area contributed by atoms with E-state index < -0.39 is 11.9 Å². The second-order valence-electron chi connectivity index (χ2n) is 7.53. The molecule has 0 aliphatic rings. The quantitative estimate of drug-likeness (QED) is 0.128. The van der Waals surface area contributed by atoms with Crippen LogP contribution in [-0.4, -0.2) is 91.2 Å². The molecule has 0 spiro atoms. The summed E-state index contributed by atoms with van der Waals surface area (Å²) in [5.41, 5.74) is 0. The van der Waals surface area contributed by atoms with Gasteiger partial charge in [-0.1, -0.05) is 31.4 Å². The van der Waals surface area contributed by atoms with E-state index in [2.05, 4.69) is 13.2 Å². The first-order chi connectivity index (χ1) is 18.6. The lowest BCUT2D eigenvalue weighted by atomic mass is 10.1. The van der Waals surface area contributed by atoms with E-state index in [0.29, 0.717) is 71.8 Å². The molecule has 0 atom stereocenters. The van der Waals surface area contributed by atoms with Gasteiger partial charge in [0.15, 0.2) is 0 Å². The molecule has 0 saturated carbocycles. The molecular formula is C28H36O10. The van der Waals surface area contributed by atoms with E-state index in [1.807, 2.05) is 36.4 Å². The molecule has 0 heterocycles. The molecule has 0 fully saturated rings. The molecule has 208 valence electrons. The van der Waals surface area contributed by atoms with E-state index in [0.717, 1.165) is 28.7 Å². The molecule has 0 N–H and O–H groups in total. The Kier molecular flexibility index (Phi) is 15.9. The van der Waals surface area contributed by atoms with Gasteiger partial charge in [-0.15, -0.1) is 0 Å². The average molecular weight is 533 g/mol. The van der Waals surface area contributed by atoms with Crippen LogP contribution in [0.15, 0.2) is 61.7 Å². The maximum atomic E-state index is 10.9. The average Bonchev–Trinajstić information content (AvgIpc) is 2.94. The van der Waals surface area contributed by atoms with Gasteiger partial charge in [-0.05, 0) is 23.6 Å². The van der Waals surface area contributed by atoms with E-state index in [-0.39, 0.29) is 13.2 Å². The van der Waals surface area contributed by atoms with Crippen molar-refractivity contribution in [3.05, 3.63) is 61.7 Å². The fourth-order valence-corrected chi connectivity index (χ4v) is 3.03. The Labute approximate surface area is 223 Å². The second-order valence-corrected chi connectivity index (χ2v) is 7.53. The molecule has 0 radical (unpaired) electrons. The normalized spacial score (nSPS) is 10.6. The molecular weight excluding hydrogens is 496 g/mol. The van der Waals surface area contributed by atoms with Crippen LogP contribution in [0.5, 0.6) is 11.5 Å². The van der Waals surface area contributed by atoms with E-state index in [4.69, 9.17) is 37.9 Å². The number of carbonyl (C=O) groups excluding carboxylic acids is 2. The summed E-state index contributed by atoms with van der Waals surface area (Å²) in [5.74, 6) is 0.516. The highest BCUT2D eigenvalue weighted by Gasteiger charge is 2.05. The van der Waals surface area contributed by atoms with Gasteiger partial charge in [0.1, 0.15) is 37.9 Å². The van der Waals surface area contributed by atoms with E-state index in [1.165, 1.54) is 0 Å². The highest BCUT2D eigenvalue weighted by molar-refractivity contribution is 5.89. The van der Waals surface area contributed by atoms with Crippen LogP contribution in [0.4, 0.5) is 0 Å². The number of hydrogen-bond acceptors (Lipinski definition) is 10. The van der Waals surface area contributed by atoms with E-state index in [1.54, 1.807) is 0 Å². The summed E-state index contributed by atoms with van der Waals surface area (Å²) < 4.78 is 43.0. The molecule has 2 aromatic rings. The van der Waals surface area contributed by atoms with Crippen LogP contribution in [0.1, 0.15) is 0 Å². The minimum absolute atomic E-state index is 0.181. The number of carbonyl (C=O) groups is 2. The third kappa shape index (κ3) is 13.2. The summed E-state index contributed by atoms with van der Waals surface area (Å²) in [6, 6.07) is 11.7. The largest absolute Gasteiger partial charge is 0.491 e. The van der Waals surface area contributed by atoms with Gasteiger partial charge in [-0.2, -0.15) is 0 Å². The van der Waals surface area contributed by atoms with Gasteiger partial charge in [-0.25, -0.2) is 9.59 Å². The summed E-state index contributed by atoms with van der Waals surface area (Å²) in [7, 11) is 0. The van der Waals surface area contributed by atoms with Crippen LogP contribution in [-0.2, 0) is 38.0 Å². The smallest absolute Gasteiger partial charge is 0.330 e. The van der Waals surface area contributed by atoms with E-state index in [9.17, 15) is 9.59 Å². The van der Waals surface area contributed by atoms with Crippen LogP contribution in [0.2, 0.25) is 0 Å². The van der Waals surface area contributed by atoms with Crippen molar-refractivity contribution in [3.8, 4) is 11.5 Å². The third-order valence-electron chi connectivity index (χ3n) is 4.82. The Balaban J connectivity index is 1.59. The predicted octanol–water partition coefficient (Wildman–Crippen LogP) is 3.12. The van der Waals surface area contributed by atoms with Gasteiger partial charge in [0.25, 0.3) is 0 Å². The van der Waals surface area contributed by atoms with Crippen LogP contribution in [0.3, 0.4) is 0 Å². The standard InChI is InChI=1S/C28H36O10/c1-3-27(29)37-20-16-33-12-10-31-14-18-35-24-9-8-23-6-5-7-26(25(23)22-24)36-19-15-32-11-13-34-17-21-38-28(30)4-2/h3-9,22H,1-2,10-21H2. The topological polar surface area (TPSA) is 108 Å². The number of fused-ring (bicyclic) bond motifs is 1. The van der Waals surface area contributed by atoms with Crippen molar-refractivity contribution in [2.75, 3.05) is 79.3 Å². The first-order valence-corrected chi connectivity index (χ1v) is 12.3. The summed E-state index contributed by atoms with van der Waals surface area (Å²) in [4.78, 5) is 21.8. The maximum Gasteiger partial charge on any atom is 0.330 e. The van der Waals surface area contributed by atoms with Crippen molar-refractivity contribution < 1.29 is 47.5 Å². The van der Waals surface area contributed by atoms with Crippen LogP contribution in [0, 0.1) is 0 Å². The highest BCUT2D eigenvalue weighted by Crippen LogP contribution is 2.29. The Bertz CT molecular complexity index is 991. The second kappa shape index (κ2) is 19.6. The lowest BCUT2D eigenvalue weighted by Gasteiger charge is -2.12. The lowest BCUT2D eigenvalue weighted by molar-refractivity contribution is -0.140. The maximum absolute atomic E-state index is 10.9. The molecule has 2 rings (SSSR count). The first kappa shape index (κ1) is 30.8. The van der Waals surface area contributed by atoms with Gasteiger partial charge < -0.3 is 37.9 Å². The summed E-state index contributed by atoms with van der Waals surface area (Å²) >= 11 is 0. The molecule has 0 amide bonds. The van der Waals surface area contributed by atoms with Crippen molar-refractivity contribution in [2.45, 2.75) is 0 Å². The zero-order valence-corrected chi connectivity index (χ0v) is 21.6. The van der Waals surface area contributed by atoms with Crippen molar-refractivity contribution in [2.24, 2.45) is 0 Å². The summed E-state index contributed by atoms with van der Waals surface area (Å²) in [6.45, 7) is 10.8. The molecule has 0 unspecified atom stereocenters. The Morgan fingerprint density at radius 1 is 0.605 bits per heavy atom. The molecule has 38 heavy (non-hydrogen) atoms. The van der Waals surface area contributed by atoms with Gasteiger partial charge in [0.05, 0.1) is 52.9 Å². The van der Waals surface area contributed by atoms with E-state index >= 15 is 0 Å². The SMILES string of the molecule is C=CC(=O)OCCOCCOCCOc1ccc2cccc(OCCOCCOCCOC(=O)C=C)c2c1. The monoisotopic (exact) mass is 532 g/mol. The number of rotatable bonds is 22. The number of esters is 2. The fourth-order valence-electron chi connectivity index (χ4n) is 3.03. The third-order valence-corrected chi connectivity index (χ3v) is 4.82. The van der Waals surface area contributed by atoms with Crippen molar-refractivity contribution in [3.63, 3.8) is 0 Å². The number of hydrogen-bond donors (Lipinski definition) is 0. The van der Waals surface area contributed by atoms with Gasteiger partial charge >= 0.3 is 11.9 Å². The van der Waals surface area contributed by atoms with Crippen LogP contribution in [0.25, 0.3) is 10.8 Å². The van der Waals surface area contributed by atoms with Gasteiger partial charge in [0.2, 0.25) is 0 Å². The van der Waals surface area contributed by atoms with Crippen molar-refractivity contribution in [1.29, 1.82) is 0 Å². The van der Waals surface area contributed by atoms with Gasteiger partial charge in [-0.3, -0.25) is 0 Å². The lowest BCUT2D eigenvalue weighted by Crippen LogP contribution is -2.14. The predicted molar refractivity (Wildman–Crippen MR) is 141 cm³/mol. The number of ether oxygens (including phenoxy) is 8. The zero-order chi connectivity index (χ0) is 27.3. The molecule has 0 aliphatic carbocycles. The molecule has 2 aromatic carbocycles. The Morgan fingerprint density at radius 3 is 1.66 bits per heavy atom. The molecule has 0 saturated heterocycles. The minimum Gasteiger partial charge on any atom is -0.491 e. The van der Waals surface area contributed by atoms with Crippen molar-refractivity contribution >= 4 is 22.7 Å². The van der Waals surface area contributed by atoms with Crippen LogP contribution < -0.4 is 9.47 Å². The first-order valence-electron chi connectivity index (χ1n) is 12.3.